The van der Waals surface area contributed by atoms with Crippen molar-refractivity contribution < 1.29 is 52.7 Å². The van der Waals surface area contributed by atoms with Crippen molar-refractivity contribution >= 4 is 21.8 Å². The molecule has 0 N–H and O–H groups in total. The summed E-state index contributed by atoms with van der Waals surface area (Å²) in [6.07, 6.45) is -20.8. The van der Waals surface area contributed by atoms with Gasteiger partial charge in [-0.1, -0.05) is 146 Å². The Balaban J connectivity index is 1.20. The van der Waals surface area contributed by atoms with E-state index in [2.05, 4.69) is 0 Å². The third-order valence-corrected chi connectivity index (χ3v) is 13.7. The zero-order valence-electron chi connectivity index (χ0n) is 42.4. The molecule has 12 rings (SSSR count). The second-order valence-corrected chi connectivity index (χ2v) is 19.2. The minimum Gasteiger partial charge on any atom is -0.308 e. The first-order valence-corrected chi connectivity index (χ1v) is 25.2. The average Bonchev–Trinajstić information content (AvgIpc) is 2.22. The maximum Gasteiger partial charge on any atom is 0.416 e. The fraction of sp³-hybridized carbons (Fsp3) is 0.0625. The molecule has 0 radical (unpaired) electrons. The molecule has 0 aliphatic rings. The van der Waals surface area contributed by atoms with Crippen LogP contribution < -0.4 is 0 Å². The van der Waals surface area contributed by atoms with Crippen molar-refractivity contribution in [1.29, 1.82) is 0 Å². The molecule has 0 spiro atoms. The molecule has 0 bridgehead atoms. The number of halogens is 12. The van der Waals surface area contributed by atoms with Crippen LogP contribution in [0.15, 0.2) is 212 Å². The number of alkyl halides is 12. The molecule has 19 heteroatoms. The highest BCUT2D eigenvalue weighted by Gasteiger charge is 2.39. The number of hydrogen-bond acceptors (Lipinski definition) is 6. The SMILES string of the molecule is FC(F)(F)c1cc(-c2ccc3c4ccc(-c5cc(C(F)(F)F)cc(C(F)(F)F)c5)cc4n(-c4ccc(-c5nc(-c6ccccc6)nc(-c6ccccc6)n5)cc4-c4nc(-c5ccccc5)nc(-c5ccccc5)n4)c3c2)cc(C(F)(F)F)c1. The van der Waals surface area contributed by atoms with Crippen LogP contribution in [0.2, 0.25) is 0 Å². The molecule has 3 aromatic heterocycles. The molecule has 0 saturated heterocycles. The van der Waals surface area contributed by atoms with Gasteiger partial charge in [-0.15, -0.1) is 0 Å². The quantitative estimate of drug-likeness (QED) is 0.134. The monoisotopic (exact) mass is 1130 g/mol. The zero-order chi connectivity index (χ0) is 58.0. The molecule has 410 valence electrons. The molecule has 0 aliphatic carbocycles. The summed E-state index contributed by atoms with van der Waals surface area (Å²) in [5.41, 5.74) is -4.08. The van der Waals surface area contributed by atoms with E-state index in [0.29, 0.717) is 74.5 Å². The number of aromatic nitrogens is 7. The summed E-state index contributed by atoms with van der Waals surface area (Å²) in [5, 5.41) is 0.660. The fourth-order valence-electron chi connectivity index (χ4n) is 9.80. The number of rotatable bonds is 9. The second kappa shape index (κ2) is 20.5. The van der Waals surface area contributed by atoms with Crippen LogP contribution in [0.1, 0.15) is 22.3 Å². The molecule has 0 saturated carbocycles. The highest BCUT2D eigenvalue weighted by Crippen LogP contribution is 2.45. The second-order valence-electron chi connectivity index (χ2n) is 19.2. The highest BCUT2D eigenvalue weighted by atomic mass is 19.4. The molecule has 0 fully saturated rings. The van der Waals surface area contributed by atoms with Gasteiger partial charge in [-0.2, -0.15) is 52.7 Å². The Morgan fingerprint density at radius 1 is 0.241 bits per heavy atom. The number of hydrogen-bond donors (Lipinski definition) is 0. The summed E-state index contributed by atoms with van der Waals surface area (Å²) in [6.45, 7) is 0. The molecule has 12 aromatic rings. The molecule has 0 aliphatic heterocycles. The Morgan fingerprint density at radius 2 is 0.530 bits per heavy atom. The van der Waals surface area contributed by atoms with E-state index < -0.39 is 58.1 Å². The lowest BCUT2D eigenvalue weighted by Gasteiger charge is -2.17. The average molecular weight is 1130 g/mol. The van der Waals surface area contributed by atoms with E-state index in [4.69, 9.17) is 29.9 Å². The lowest BCUT2D eigenvalue weighted by Crippen LogP contribution is -2.11. The first-order chi connectivity index (χ1) is 39.6. The van der Waals surface area contributed by atoms with E-state index in [1.165, 1.54) is 36.4 Å². The van der Waals surface area contributed by atoms with Gasteiger partial charge in [0.15, 0.2) is 34.9 Å². The minimum absolute atomic E-state index is 0.00656. The van der Waals surface area contributed by atoms with Gasteiger partial charge in [-0.3, -0.25) is 0 Å². The largest absolute Gasteiger partial charge is 0.416 e. The van der Waals surface area contributed by atoms with Crippen molar-refractivity contribution in [2.75, 3.05) is 0 Å². The van der Waals surface area contributed by atoms with Crippen molar-refractivity contribution in [3.63, 3.8) is 0 Å². The van der Waals surface area contributed by atoms with Gasteiger partial charge in [-0.25, -0.2) is 29.9 Å². The van der Waals surface area contributed by atoms with Gasteiger partial charge in [0.05, 0.1) is 39.0 Å². The Morgan fingerprint density at radius 3 is 0.843 bits per heavy atom. The summed E-state index contributed by atoms with van der Waals surface area (Å²) in [7, 11) is 0. The summed E-state index contributed by atoms with van der Waals surface area (Å²) in [5.74, 6) is 1.17. The van der Waals surface area contributed by atoms with Crippen LogP contribution in [0, 0.1) is 0 Å². The molecule has 3 heterocycles. The van der Waals surface area contributed by atoms with Crippen LogP contribution in [0.5, 0.6) is 0 Å². The first kappa shape index (κ1) is 53.6. The van der Waals surface area contributed by atoms with Gasteiger partial charge < -0.3 is 4.57 Å². The Labute approximate surface area is 462 Å². The first-order valence-electron chi connectivity index (χ1n) is 25.2. The number of fused-ring (bicyclic) bond motifs is 3. The van der Waals surface area contributed by atoms with Crippen molar-refractivity contribution in [3.8, 4) is 96.3 Å². The third-order valence-electron chi connectivity index (χ3n) is 13.7. The van der Waals surface area contributed by atoms with Gasteiger partial charge in [-0.05, 0) is 89.0 Å². The summed E-state index contributed by atoms with van der Waals surface area (Å²) in [6, 6.07) is 51.6. The van der Waals surface area contributed by atoms with Gasteiger partial charge in [0.25, 0.3) is 0 Å². The van der Waals surface area contributed by atoms with Gasteiger partial charge in [0.2, 0.25) is 0 Å². The standard InChI is InChI=1S/C64H35F12N7/c65-61(66,67)45-27-43(28-46(34-45)62(68,69)70)40-21-24-49-50-25-22-41(44-29-47(63(71,72)73)35-48(30-44)64(74,75)76)33-54(50)83(53(49)32-40)52-26-23-42(59-79-55(36-13-5-1-6-14-36)77-56(80-59)37-15-7-2-8-16-37)31-51(52)60-81-57(38-17-9-3-10-18-38)78-58(82-60)39-19-11-4-12-20-39/h1-35H. The van der Waals surface area contributed by atoms with E-state index in [0.717, 1.165) is 0 Å². The smallest absolute Gasteiger partial charge is 0.308 e. The maximum atomic E-state index is 14.4. The normalized spacial score (nSPS) is 12.3. The molecular formula is C64H35F12N7. The number of nitrogens with zero attached hydrogens (tertiary/aromatic N) is 7. The van der Waals surface area contributed by atoms with Crippen molar-refractivity contribution in [1.82, 2.24) is 34.5 Å². The van der Waals surface area contributed by atoms with Crippen LogP contribution in [0.4, 0.5) is 52.7 Å². The molecular weight excluding hydrogens is 1090 g/mol. The summed E-state index contributed by atoms with van der Waals surface area (Å²) in [4.78, 5) is 29.7. The fourth-order valence-corrected chi connectivity index (χ4v) is 9.80. The lowest BCUT2D eigenvalue weighted by molar-refractivity contribution is -0.144. The molecule has 0 atom stereocenters. The molecule has 0 amide bonds. The number of benzene rings is 9. The molecule has 83 heavy (non-hydrogen) atoms. The van der Waals surface area contributed by atoms with Crippen LogP contribution in [-0.4, -0.2) is 34.5 Å². The zero-order valence-corrected chi connectivity index (χ0v) is 42.4. The summed E-state index contributed by atoms with van der Waals surface area (Å²) < 4.78 is 175. The van der Waals surface area contributed by atoms with Crippen LogP contribution in [0.25, 0.3) is 118 Å². The Hall–Kier alpha value is -10.0. The van der Waals surface area contributed by atoms with E-state index >= 15 is 0 Å². The van der Waals surface area contributed by atoms with Crippen molar-refractivity contribution in [3.05, 3.63) is 235 Å². The summed E-state index contributed by atoms with van der Waals surface area (Å²) >= 11 is 0. The van der Waals surface area contributed by atoms with E-state index in [1.807, 2.05) is 60.7 Å². The Kier molecular flexibility index (Phi) is 13.2. The van der Waals surface area contributed by atoms with Gasteiger partial charge in [0, 0.05) is 44.2 Å². The Bertz CT molecular complexity index is 4120. The van der Waals surface area contributed by atoms with Crippen LogP contribution >= 0.6 is 0 Å². The third kappa shape index (κ3) is 10.8. The van der Waals surface area contributed by atoms with E-state index in [-0.39, 0.29) is 68.8 Å². The predicted octanol–water partition coefficient (Wildman–Crippen LogP) is 18.6. The van der Waals surface area contributed by atoms with Crippen molar-refractivity contribution in [2.45, 2.75) is 24.7 Å². The van der Waals surface area contributed by atoms with Gasteiger partial charge >= 0.3 is 24.7 Å². The van der Waals surface area contributed by atoms with Crippen LogP contribution in [0.3, 0.4) is 0 Å². The highest BCUT2D eigenvalue weighted by molar-refractivity contribution is 6.11. The van der Waals surface area contributed by atoms with Crippen molar-refractivity contribution in [2.24, 2.45) is 0 Å². The topological polar surface area (TPSA) is 82.3 Å². The minimum atomic E-state index is -5.21. The van der Waals surface area contributed by atoms with Crippen LogP contribution in [-0.2, 0) is 24.7 Å². The van der Waals surface area contributed by atoms with Gasteiger partial charge in [0.1, 0.15) is 0 Å². The lowest BCUT2D eigenvalue weighted by atomic mass is 9.97. The molecule has 0 unspecified atom stereocenters. The van der Waals surface area contributed by atoms with E-state index in [1.54, 1.807) is 83.4 Å². The molecule has 9 aromatic carbocycles. The molecule has 7 nitrogen and oxygen atoms in total. The van der Waals surface area contributed by atoms with E-state index in [9.17, 15) is 52.7 Å². The predicted molar refractivity (Wildman–Crippen MR) is 291 cm³/mol. The maximum absolute atomic E-state index is 14.4.